The summed E-state index contributed by atoms with van der Waals surface area (Å²) < 4.78 is 13.5. The molecule has 0 aliphatic heterocycles. The standard InChI is InChI=1S/C22H18N4O2/c1-14-13-27-22(25-14)26-20-10-18(7-6-17(20)12-24-26)28-21-4-2-3-16-9-15(11-23)5-8-19(16)21/h5-10,12-13,21H,2-4H2,1H3. The third kappa shape index (κ3) is 2.81. The van der Waals surface area contributed by atoms with Gasteiger partial charge in [-0.15, -0.1) is 0 Å². The molecule has 2 heterocycles. The number of hydrogen-bond acceptors (Lipinski definition) is 5. The molecule has 0 spiro atoms. The molecule has 2 aromatic heterocycles. The number of fused-ring (bicyclic) bond motifs is 2. The van der Waals surface area contributed by atoms with Crippen molar-refractivity contribution in [3.05, 3.63) is 71.2 Å². The molecule has 28 heavy (non-hydrogen) atoms. The molecule has 4 aromatic rings. The molecule has 0 saturated carbocycles. The van der Waals surface area contributed by atoms with Gasteiger partial charge in [-0.25, -0.2) is 0 Å². The van der Waals surface area contributed by atoms with Crippen molar-refractivity contribution < 1.29 is 9.15 Å². The number of nitriles is 1. The Morgan fingerprint density at radius 3 is 3.00 bits per heavy atom. The quantitative estimate of drug-likeness (QED) is 0.525. The van der Waals surface area contributed by atoms with Crippen LogP contribution >= 0.6 is 0 Å². The monoisotopic (exact) mass is 370 g/mol. The number of benzene rings is 2. The zero-order valence-electron chi connectivity index (χ0n) is 15.4. The molecule has 6 nitrogen and oxygen atoms in total. The molecule has 0 fully saturated rings. The summed E-state index contributed by atoms with van der Waals surface area (Å²) in [5, 5.41) is 14.5. The highest BCUT2D eigenvalue weighted by Gasteiger charge is 2.22. The number of nitrogens with zero attached hydrogens (tertiary/aromatic N) is 4. The lowest BCUT2D eigenvalue weighted by Crippen LogP contribution is -2.15. The molecule has 0 amide bonds. The van der Waals surface area contributed by atoms with E-state index in [9.17, 15) is 0 Å². The first kappa shape index (κ1) is 16.6. The highest BCUT2D eigenvalue weighted by atomic mass is 16.5. The summed E-state index contributed by atoms with van der Waals surface area (Å²) in [6, 6.07) is 14.5. The summed E-state index contributed by atoms with van der Waals surface area (Å²) >= 11 is 0. The maximum Gasteiger partial charge on any atom is 0.323 e. The van der Waals surface area contributed by atoms with Crippen LogP contribution in [0.1, 0.15) is 41.3 Å². The van der Waals surface area contributed by atoms with E-state index in [1.165, 1.54) is 11.1 Å². The van der Waals surface area contributed by atoms with E-state index < -0.39 is 0 Å². The second kappa shape index (κ2) is 6.54. The van der Waals surface area contributed by atoms with Gasteiger partial charge in [0.2, 0.25) is 0 Å². The van der Waals surface area contributed by atoms with Gasteiger partial charge < -0.3 is 9.15 Å². The second-order valence-electron chi connectivity index (χ2n) is 7.07. The molecular weight excluding hydrogens is 352 g/mol. The Labute approximate surface area is 162 Å². The van der Waals surface area contributed by atoms with E-state index in [2.05, 4.69) is 16.2 Å². The van der Waals surface area contributed by atoms with Crippen molar-refractivity contribution >= 4 is 10.9 Å². The summed E-state index contributed by atoms with van der Waals surface area (Å²) in [6.45, 7) is 1.88. The molecule has 138 valence electrons. The summed E-state index contributed by atoms with van der Waals surface area (Å²) in [4.78, 5) is 4.36. The van der Waals surface area contributed by atoms with Gasteiger partial charge in [0.15, 0.2) is 0 Å². The van der Waals surface area contributed by atoms with Gasteiger partial charge in [-0.1, -0.05) is 6.07 Å². The molecule has 1 unspecified atom stereocenters. The Balaban J connectivity index is 1.49. The van der Waals surface area contributed by atoms with Gasteiger partial charge in [0.1, 0.15) is 18.1 Å². The van der Waals surface area contributed by atoms with Crippen molar-refractivity contribution in [2.24, 2.45) is 0 Å². The van der Waals surface area contributed by atoms with E-state index in [-0.39, 0.29) is 6.10 Å². The van der Waals surface area contributed by atoms with Gasteiger partial charge in [-0.2, -0.15) is 20.0 Å². The van der Waals surface area contributed by atoms with E-state index >= 15 is 0 Å². The van der Waals surface area contributed by atoms with Crippen LogP contribution in [0.15, 0.2) is 53.3 Å². The minimum Gasteiger partial charge on any atom is -0.486 e. The first-order chi connectivity index (χ1) is 13.7. The average molecular weight is 370 g/mol. The van der Waals surface area contributed by atoms with E-state index in [1.54, 1.807) is 17.1 Å². The highest BCUT2D eigenvalue weighted by molar-refractivity contribution is 5.81. The molecule has 0 radical (unpaired) electrons. The Hall–Kier alpha value is -3.59. The molecule has 0 N–H and O–H groups in total. The van der Waals surface area contributed by atoms with Gasteiger partial charge in [0.05, 0.1) is 29.0 Å². The second-order valence-corrected chi connectivity index (χ2v) is 7.07. The summed E-state index contributed by atoms with van der Waals surface area (Å²) in [7, 11) is 0. The van der Waals surface area contributed by atoms with E-state index in [4.69, 9.17) is 14.4 Å². The number of aryl methyl sites for hydroxylation is 2. The van der Waals surface area contributed by atoms with E-state index in [0.29, 0.717) is 11.6 Å². The predicted molar refractivity (Wildman–Crippen MR) is 103 cm³/mol. The lowest BCUT2D eigenvalue weighted by molar-refractivity contribution is 0.183. The van der Waals surface area contributed by atoms with Gasteiger partial charge in [0.25, 0.3) is 0 Å². The number of ether oxygens (including phenoxy) is 1. The first-order valence-electron chi connectivity index (χ1n) is 9.31. The molecule has 0 bridgehead atoms. The van der Waals surface area contributed by atoms with Crippen LogP contribution in [0.5, 0.6) is 5.75 Å². The van der Waals surface area contributed by atoms with Crippen molar-refractivity contribution in [3.8, 4) is 17.8 Å². The molecular formula is C22H18N4O2. The molecule has 1 atom stereocenters. The smallest absolute Gasteiger partial charge is 0.323 e. The van der Waals surface area contributed by atoms with E-state index in [1.807, 2.05) is 43.3 Å². The van der Waals surface area contributed by atoms with Crippen molar-refractivity contribution in [3.63, 3.8) is 0 Å². The molecule has 2 aromatic carbocycles. The summed E-state index contributed by atoms with van der Waals surface area (Å²) in [5.41, 5.74) is 4.77. The largest absolute Gasteiger partial charge is 0.486 e. The molecule has 1 aliphatic rings. The van der Waals surface area contributed by atoms with Crippen LogP contribution in [0, 0.1) is 18.3 Å². The van der Waals surface area contributed by atoms with Crippen LogP contribution in [0.2, 0.25) is 0 Å². The summed E-state index contributed by atoms with van der Waals surface area (Å²) in [6.07, 6.45) is 6.36. The van der Waals surface area contributed by atoms with Gasteiger partial charge in [0, 0.05) is 11.5 Å². The topological polar surface area (TPSA) is 76.9 Å². The molecule has 6 heteroatoms. The van der Waals surface area contributed by atoms with Gasteiger partial charge in [-0.3, -0.25) is 0 Å². The fourth-order valence-corrected chi connectivity index (χ4v) is 3.79. The number of hydrogen-bond donors (Lipinski definition) is 0. The third-order valence-electron chi connectivity index (χ3n) is 5.14. The molecule has 1 aliphatic carbocycles. The first-order valence-corrected chi connectivity index (χ1v) is 9.31. The average Bonchev–Trinajstić information content (AvgIpc) is 3.33. The third-order valence-corrected chi connectivity index (χ3v) is 5.14. The van der Waals surface area contributed by atoms with Crippen molar-refractivity contribution in [2.75, 3.05) is 0 Å². The maximum absolute atomic E-state index is 9.14. The summed E-state index contributed by atoms with van der Waals surface area (Å²) in [5.74, 6) is 0.778. The minimum atomic E-state index is -0.0192. The van der Waals surface area contributed by atoms with Crippen molar-refractivity contribution in [1.82, 2.24) is 14.8 Å². The number of oxazole rings is 1. The SMILES string of the molecule is Cc1coc(-n2ncc3ccc(OC4CCCc5cc(C#N)ccc54)cc32)n1. The van der Waals surface area contributed by atoms with Crippen LogP contribution in [0.3, 0.4) is 0 Å². The van der Waals surface area contributed by atoms with Crippen LogP contribution in [-0.2, 0) is 6.42 Å². The highest BCUT2D eigenvalue weighted by Crippen LogP contribution is 2.35. The predicted octanol–water partition coefficient (Wildman–Crippen LogP) is 4.65. The van der Waals surface area contributed by atoms with Crippen LogP contribution in [0.4, 0.5) is 0 Å². The minimum absolute atomic E-state index is 0.0192. The lowest BCUT2D eigenvalue weighted by atomic mass is 9.88. The Bertz CT molecular complexity index is 1210. The molecule has 0 saturated heterocycles. The fraction of sp³-hybridized carbons (Fsp3) is 0.227. The fourth-order valence-electron chi connectivity index (χ4n) is 3.79. The zero-order valence-corrected chi connectivity index (χ0v) is 15.4. The Kier molecular flexibility index (Phi) is 3.87. The van der Waals surface area contributed by atoms with Gasteiger partial charge >= 0.3 is 6.01 Å². The van der Waals surface area contributed by atoms with E-state index in [0.717, 1.165) is 41.6 Å². The zero-order chi connectivity index (χ0) is 19.1. The molecule has 5 rings (SSSR count). The number of aromatic nitrogens is 3. The van der Waals surface area contributed by atoms with Crippen molar-refractivity contribution in [1.29, 1.82) is 5.26 Å². The Morgan fingerprint density at radius 2 is 2.18 bits per heavy atom. The normalized spacial score (nSPS) is 15.9. The van der Waals surface area contributed by atoms with Crippen molar-refractivity contribution in [2.45, 2.75) is 32.3 Å². The lowest BCUT2D eigenvalue weighted by Gasteiger charge is -2.26. The van der Waals surface area contributed by atoms with Crippen LogP contribution in [0.25, 0.3) is 16.9 Å². The maximum atomic E-state index is 9.14. The van der Waals surface area contributed by atoms with Crippen LogP contribution in [-0.4, -0.2) is 14.8 Å². The van der Waals surface area contributed by atoms with Gasteiger partial charge in [-0.05, 0) is 61.6 Å². The number of rotatable bonds is 3. The van der Waals surface area contributed by atoms with Crippen LogP contribution < -0.4 is 4.74 Å². The Morgan fingerprint density at radius 1 is 1.25 bits per heavy atom.